The van der Waals surface area contributed by atoms with Crippen molar-refractivity contribution < 1.29 is 4.74 Å². The van der Waals surface area contributed by atoms with E-state index in [1.165, 1.54) is 11.1 Å². The molecule has 1 aromatic carbocycles. The maximum Gasteiger partial charge on any atom is 0.0853 e. The second-order valence-corrected chi connectivity index (χ2v) is 4.62. The Morgan fingerprint density at radius 1 is 1.21 bits per heavy atom. The molecule has 0 aliphatic rings. The average Bonchev–Trinajstić information content (AvgIpc) is 2.79. The molecule has 2 aromatic rings. The summed E-state index contributed by atoms with van der Waals surface area (Å²) in [7, 11) is 3.66. The lowest BCUT2D eigenvalue weighted by Gasteiger charge is -2.06. The highest BCUT2D eigenvalue weighted by atomic mass is 16.5. The molecule has 0 atom stereocenters. The normalized spacial score (nSPS) is 10.7. The van der Waals surface area contributed by atoms with Crippen LogP contribution in [0.3, 0.4) is 0 Å². The van der Waals surface area contributed by atoms with E-state index in [0.29, 0.717) is 6.61 Å². The average molecular weight is 259 g/mol. The van der Waals surface area contributed by atoms with Crippen LogP contribution < -0.4 is 5.32 Å². The maximum absolute atomic E-state index is 5.10. The first-order valence-electron chi connectivity index (χ1n) is 6.56. The Morgan fingerprint density at radius 2 is 1.89 bits per heavy atom. The zero-order valence-corrected chi connectivity index (χ0v) is 11.8. The van der Waals surface area contributed by atoms with Gasteiger partial charge in [0.25, 0.3) is 0 Å². The molecule has 0 bridgehead atoms. The minimum atomic E-state index is 0.663. The van der Waals surface area contributed by atoms with E-state index in [1.54, 1.807) is 7.11 Å². The van der Waals surface area contributed by atoms with E-state index < -0.39 is 0 Å². The highest BCUT2D eigenvalue weighted by molar-refractivity contribution is 5.46. The van der Waals surface area contributed by atoms with Crippen molar-refractivity contribution in [1.82, 2.24) is 9.78 Å². The van der Waals surface area contributed by atoms with E-state index in [0.717, 1.165) is 24.3 Å². The van der Waals surface area contributed by atoms with Gasteiger partial charge in [-0.3, -0.25) is 4.68 Å². The lowest BCUT2D eigenvalue weighted by atomic mass is 10.1. The number of hydrogen-bond donors (Lipinski definition) is 1. The van der Waals surface area contributed by atoms with Gasteiger partial charge in [0.2, 0.25) is 0 Å². The fraction of sp³-hybridized carbons (Fsp3) is 0.400. The van der Waals surface area contributed by atoms with Gasteiger partial charge >= 0.3 is 0 Å². The molecule has 0 spiro atoms. The smallest absolute Gasteiger partial charge is 0.0853 e. The quantitative estimate of drug-likeness (QED) is 0.867. The molecule has 19 heavy (non-hydrogen) atoms. The van der Waals surface area contributed by atoms with Gasteiger partial charge < -0.3 is 10.1 Å². The van der Waals surface area contributed by atoms with Crippen molar-refractivity contribution in [1.29, 1.82) is 0 Å². The number of ether oxygens (including phenoxy) is 1. The summed E-state index contributed by atoms with van der Waals surface area (Å²) in [4.78, 5) is 0. The largest absolute Gasteiger partial charge is 0.380 e. The molecule has 4 nitrogen and oxygen atoms in total. The predicted octanol–water partition coefficient (Wildman–Crippen LogP) is 2.74. The molecule has 4 heteroatoms. The number of methoxy groups -OCH3 is 1. The Balaban J connectivity index is 1.97. The number of anilines is 1. The Hall–Kier alpha value is -1.81. The van der Waals surface area contributed by atoms with Crippen LogP contribution in [0.25, 0.3) is 0 Å². The highest BCUT2D eigenvalue weighted by Gasteiger charge is 2.04. The summed E-state index contributed by atoms with van der Waals surface area (Å²) in [5, 5.41) is 7.86. The van der Waals surface area contributed by atoms with Gasteiger partial charge in [-0.2, -0.15) is 5.10 Å². The van der Waals surface area contributed by atoms with Crippen LogP contribution in [0.5, 0.6) is 0 Å². The number of aromatic nitrogens is 2. The summed E-state index contributed by atoms with van der Waals surface area (Å²) in [5.74, 6) is 0. The third-order valence-corrected chi connectivity index (χ3v) is 3.06. The number of nitrogens with zero attached hydrogens (tertiary/aromatic N) is 2. The molecule has 0 unspecified atom stereocenters. The van der Waals surface area contributed by atoms with Crippen molar-refractivity contribution in [2.45, 2.75) is 26.5 Å². The summed E-state index contributed by atoms with van der Waals surface area (Å²) >= 11 is 0. The molecular formula is C15H21N3O. The number of benzene rings is 1. The summed E-state index contributed by atoms with van der Waals surface area (Å²) in [6.45, 7) is 3.59. The Kier molecular flexibility index (Phi) is 4.58. The molecule has 0 fully saturated rings. The second kappa shape index (κ2) is 6.38. The first kappa shape index (κ1) is 13.6. The van der Waals surface area contributed by atoms with Crippen LogP contribution in [0.15, 0.2) is 30.5 Å². The van der Waals surface area contributed by atoms with Crippen molar-refractivity contribution in [2.75, 3.05) is 12.4 Å². The first-order valence-corrected chi connectivity index (χ1v) is 6.56. The Bertz CT molecular complexity index is 517. The van der Waals surface area contributed by atoms with Gasteiger partial charge in [-0.25, -0.2) is 0 Å². The van der Waals surface area contributed by atoms with Crippen molar-refractivity contribution in [3.05, 3.63) is 47.3 Å². The van der Waals surface area contributed by atoms with Gasteiger partial charge in [0, 0.05) is 26.9 Å². The molecular weight excluding hydrogens is 238 g/mol. The lowest BCUT2D eigenvalue weighted by Crippen LogP contribution is -2.01. The number of nitrogens with one attached hydrogen (secondary N) is 1. The van der Waals surface area contributed by atoms with E-state index in [1.807, 2.05) is 17.9 Å². The van der Waals surface area contributed by atoms with E-state index in [2.05, 4.69) is 41.6 Å². The summed E-state index contributed by atoms with van der Waals surface area (Å²) in [6.07, 6.45) is 2.97. The van der Waals surface area contributed by atoms with Crippen LogP contribution in [0.1, 0.15) is 23.7 Å². The third-order valence-electron chi connectivity index (χ3n) is 3.06. The van der Waals surface area contributed by atoms with Crippen molar-refractivity contribution in [2.24, 2.45) is 7.05 Å². The van der Waals surface area contributed by atoms with Crippen LogP contribution in [0, 0.1) is 0 Å². The minimum Gasteiger partial charge on any atom is -0.380 e. The summed E-state index contributed by atoms with van der Waals surface area (Å²) in [6, 6.07) is 8.46. The molecule has 1 N–H and O–H groups in total. The summed E-state index contributed by atoms with van der Waals surface area (Å²) in [5.41, 5.74) is 4.68. The molecule has 0 aliphatic heterocycles. The maximum atomic E-state index is 5.10. The van der Waals surface area contributed by atoms with Crippen LogP contribution in [0.2, 0.25) is 0 Å². The first-order chi connectivity index (χ1) is 9.22. The SMILES string of the molecule is CCc1nn(C)cc1NCc1ccc(COC)cc1. The Labute approximate surface area is 114 Å². The van der Waals surface area contributed by atoms with E-state index in [-0.39, 0.29) is 0 Å². The van der Waals surface area contributed by atoms with Crippen molar-refractivity contribution in [3.8, 4) is 0 Å². The molecule has 102 valence electrons. The fourth-order valence-corrected chi connectivity index (χ4v) is 2.06. The third kappa shape index (κ3) is 3.58. The van der Waals surface area contributed by atoms with Gasteiger partial charge in [0.1, 0.15) is 0 Å². The second-order valence-electron chi connectivity index (χ2n) is 4.62. The highest BCUT2D eigenvalue weighted by Crippen LogP contribution is 2.15. The van der Waals surface area contributed by atoms with E-state index >= 15 is 0 Å². The molecule has 0 saturated carbocycles. The molecule has 0 aliphatic carbocycles. The zero-order chi connectivity index (χ0) is 13.7. The Morgan fingerprint density at radius 3 is 2.53 bits per heavy atom. The van der Waals surface area contributed by atoms with Crippen LogP contribution in [-0.2, 0) is 31.4 Å². The molecule has 1 heterocycles. The van der Waals surface area contributed by atoms with Crippen LogP contribution in [-0.4, -0.2) is 16.9 Å². The summed E-state index contributed by atoms with van der Waals surface area (Å²) < 4.78 is 6.95. The van der Waals surface area contributed by atoms with E-state index in [4.69, 9.17) is 4.74 Å². The minimum absolute atomic E-state index is 0.663. The molecule has 0 saturated heterocycles. The van der Waals surface area contributed by atoms with Gasteiger partial charge in [-0.05, 0) is 17.5 Å². The topological polar surface area (TPSA) is 39.1 Å². The molecule has 0 radical (unpaired) electrons. The zero-order valence-electron chi connectivity index (χ0n) is 11.8. The van der Waals surface area contributed by atoms with Gasteiger partial charge in [0.05, 0.1) is 18.0 Å². The predicted molar refractivity (Wildman–Crippen MR) is 77.1 cm³/mol. The number of hydrogen-bond acceptors (Lipinski definition) is 3. The molecule has 1 aromatic heterocycles. The lowest BCUT2D eigenvalue weighted by molar-refractivity contribution is 0.185. The van der Waals surface area contributed by atoms with E-state index in [9.17, 15) is 0 Å². The van der Waals surface area contributed by atoms with Gasteiger partial charge in [-0.15, -0.1) is 0 Å². The van der Waals surface area contributed by atoms with Crippen LogP contribution in [0.4, 0.5) is 5.69 Å². The fourth-order valence-electron chi connectivity index (χ4n) is 2.06. The monoisotopic (exact) mass is 259 g/mol. The van der Waals surface area contributed by atoms with Crippen molar-refractivity contribution >= 4 is 5.69 Å². The van der Waals surface area contributed by atoms with Crippen molar-refractivity contribution in [3.63, 3.8) is 0 Å². The molecule has 0 amide bonds. The van der Waals surface area contributed by atoms with Gasteiger partial charge in [0.15, 0.2) is 0 Å². The van der Waals surface area contributed by atoms with Crippen LogP contribution >= 0.6 is 0 Å². The molecule has 2 rings (SSSR count). The number of aryl methyl sites for hydroxylation is 2. The van der Waals surface area contributed by atoms with Gasteiger partial charge in [-0.1, -0.05) is 31.2 Å². The standard InChI is InChI=1S/C15H21N3O/c1-4-14-15(10-18(2)17-14)16-9-12-5-7-13(8-6-12)11-19-3/h5-8,10,16H,4,9,11H2,1-3H3. The number of rotatable bonds is 6.